The van der Waals surface area contributed by atoms with Crippen LogP contribution in [0.25, 0.3) is 21.5 Å². The number of hydrogen-bond acceptors (Lipinski definition) is 6. The van der Waals surface area contributed by atoms with E-state index in [0.29, 0.717) is 24.0 Å². The van der Waals surface area contributed by atoms with Gasteiger partial charge >= 0.3 is 0 Å². The lowest BCUT2D eigenvalue weighted by atomic mass is 9.98. The van der Waals surface area contributed by atoms with Crippen molar-refractivity contribution in [3.8, 4) is 10.4 Å². The molecule has 2 bridgehead atoms. The maximum atomic E-state index is 14.1. The lowest BCUT2D eigenvalue weighted by molar-refractivity contribution is 0.0577. The van der Waals surface area contributed by atoms with Crippen molar-refractivity contribution in [2.24, 2.45) is 13.0 Å². The summed E-state index contributed by atoms with van der Waals surface area (Å²) in [4.78, 5) is 41.4. The van der Waals surface area contributed by atoms with E-state index in [4.69, 9.17) is 4.98 Å². The number of aromatic nitrogens is 3. The standard InChI is InChI=1S/C28H30N6O2S/c1-32(2)28-31-23(24(37-28)17-9-5-4-6-10-17)27(36)34-19-14-13-18(15-19)22(34)16-29-26(35)25-30-20-11-7-8-12-21(20)33(25)3/h4-12,18-19,22H,13-16H2,1-3H3,(H,29,35)/t18-,19+,22+/m0/s1. The number of carbonyl (C=O) groups excluding carboxylic acids is 2. The number of aryl methyl sites for hydroxylation is 1. The Morgan fingerprint density at radius 2 is 1.81 bits per heavy atom. The fourth-order valence-corrected chi connectivity index (χ4v) is 6.84. The maximum Gasteiger partial charge on any atom is 0.287 e. The largest absolute Gasteiger partial charge is 0.354 e. The van der Waals surface area contributed by atoms with Crippen molar-refractivity contribution in [3.05, 3.63) is 66.1 Å². The molecule has 1 N–H and O–H groups in total. The molecule has 4 aromatic rings. The van der Waals surface area contributed by atoms with E-state index in [9.17, 15) is 9.59 Å². The molecule has 9 heteroatoms. The van der Waals surface area contributed by atoms with E-state index < -0.39 is 0 Å². The van der Waals surface area contributed by atoms with Crippen LogP contribution in [0.5, 0.6) is 0 Å². The summed E-state index contributed by atoms with van der Waals surface area (Å²) in [5, 5.41) is 3.90. The molecule has 6 rings (SSSR count). The van der Waals surface area contributed by atoms with Crippen LogP contribution in [0.3, 0.4) is 0 Å². The van der Waals surface area contributed by atoms with E-state index in [1.54, 1.807) is 0 Å². The first-order chi connectivity index (χ1) is 17.9. The highest BCUT2D eigenvalue weighted by Gasteiger charge is 2.49. The van der Waals surface area contributed by atoms with E-state index in [-0.39, 0.29) is 23.9 Å². The fraction of sp³-hybridized carbons (Fsp3) is 0.357. The van der Waals surface area contributed by atoms with Crippen LogP contribution in [0.1, 0.15) is 40.4 Å². The number of piperidine rings is 1. The number of fused-ring (bicyclic) bond motifs is 3. The normalized spacial score (nSPS) is 20.5. The van der Waals surface area contributed by atoms with E-state index in [1.165, 1.54) is 11.3 Å². The first kappa shape index (κ1) is 23.7. The molecule has 0 radical (unpaired) electrons. The molecule has 190 valence electrons. The van der Waals surface area contributed by atoms with Crippen molar-refractivity contribution >= 4 is 39.3 Å². The fourth-order valence-electron chi connectivity index (χ4n) is 5.85. The number of nitrogens with one attached hydrogen (secondary N) is 1. The molecule has 1 saturated carbocycles. The maximum absolute atomic E-state index is 14.1. The zero-order valence-corrected chi connectivity index (χ0v) is 22.0. The molecule has 1 aliphatic heterocycles. The van der Waals surface area contributed by atoms with E-state index in [2.05, 4.69) is 10.3 Å². The Kier molecular flexibility index (Phi) is 5.95. The summed E-state index contributed by atoms with van der Waals surface area (Å²) in [5.74, 6) is 0.491. The van der Waals surface area contributed by atoms with E-state index >= 15 is 0 Å². The number of likely N-dealkylation sites (tertiary alicyclic amines) is 1. The Balaban J connectivity index is 1.27. The van der Waals surface area contributed by atoms with Crippen LogP contribution in [0.15, 0.2) is 54.6 Å². The highest BCUT2D eigenvalue weighted by Crippen LogP contribution is 2.44. The van der Waals surface area contributed by atoms with Crippen molar-refractivity contribution in [3.63, 3.8) is 0 Å². The highest BCUT2D eigenvalue weighted by molar-refractivity contribution is 7.19. The summed E-state index contributed by atoms with van der Waals surface area (Å²) < 4.78 is 1.82. The number of thiazole rings is 1. The number of carbonyl (C=O) groups is 2. The minimum Gasteiger partial charge on any atom is -0.354 e. The van der Waals surface area contributed by atoms with Gasteiger partial charge in [0.2, 0.25) is 0 Å². The van der Waals surface area contributed by atoms with Gasteiger partial charge in [-0.3, -0.25) is 9.59 Å². The van der Waals surface area contributed by atoms with Crippen LogP contribution < -0.4 is 10.2 Å². The predicted molar refractivity (Wildman–Crippen MR) is 146 cm³/mol. The molecular weight excluding hydrogens is 484 g/mol. The zero-order chi connectivity index (χ0) is 25.7. The number of imidazole rings is 1. The van der Waals surface area contributed by atoms with Gasteiger partial charge in [0.1, 0.15) is 5.69 Å². The molecule has 2 aromatic carbocycles. The number of hydrogen-bond donors (Lipinski definition) is 1. The molecule has 0 unspecified atom stereocenters. The van der Waals surface area contributed by atoms with Crippen molar-refractivity contribution in [1.82, 2.24) is 24.8 Å². The minimum atomic E-state index is -0.220. The molecule has 8 nitrogen and oxygen atoms in total. The molecule has 3 atom stereocenters. The number of benzene rings is 2. The van der Waals surface area contributed by atoms with E-state index in [1.807, 2.05) is 90.1 Å². The average Bonchev–Trinajstić information content (AvgIpc) is 3.70. The molecule has 2 fully saturated rings. The Labute approximate surface area is 219 Å². The van der Waals surface area contributed by atoms with Crippen molar-refractivity contribution in [1.29, 1.82) is 0 Å². The van der Waals surface area contributed by atoms with Crippen molar-refractivity contribution < 1.29 is 9.59 Å². The molecule has 37 heavy (non-hydrogen) atoms. The number of amides is 2. The second-order valence-electron chi connectivity index (χ2n) is 10.1. The Morgan fingerprint density at radius 1 is 1.05 bits per heavy atom. The predicted octanol–water partition coefficient (Wildman–Crippen LogP) is 4.19. The number of para-hydroxylation sites is 2. The smallest absolute Gasteiger partial charge is 0.287 e. The molecule has 1 saturated heterocycles. The van der Waals surface area contributed by atoms with Gasteiger partial charge in [0.15, 0.2) is 11.0 Å². The van der Waals surface area contributed by atoms with Gasteiger partial charge in [-0.05, 0) is 42.9 Å². The van der Waals surface area contributed by atoms with Crippen LogP contribution in [-0.4, -0.2) is 64.0 Å². The third-order valence-electron chi connectivity index (χ3n) is 7.67. The van der Waals surface area contributed by atoms with Crippen LogP contribution in [0.4, 0.5) is 5.13 Å². The lowest BCUT2D eigenvalue weighted by Gasteiger charge is -2.35. The molecular formula is C28H30N6O2S. The number of nitrogens with zero attached hydrogens (tertiary/aromatic N) is 5. The minimum absolute atomic E-state index is 0.0441. The summed E-state index contributed by atoms with van der Waals surface area (Å²) in [6, 6.07) is 17.8. The summed E-state index contributed by atoms with van der Waals surface area (Å²) in [5.41, 5.74) is 3.20. The van der Waals surface area contributed by atoms with Crippen LogP contribution in [0, 0.1) is 5.92 Å². The van der Waals surface area contributed by atoms with E-state index in [0.717, 1.165) is 45.9 Å². The third-order valence-corrected chi connectivity index (χ3v) is 8.95. The second kappa shape index (κ2) is 9.30. The van der Waals surface area contributed by atoms with Crippen LogP contribution in [-0.2, 0) is 7.05 Å². The Morgan fingerprint density at radius 3 is 2.57 bits per heavy atom. The van der Waals surface area contributed by atoms with Crippen molar-refractivity contribution in [2.45, 2.75) is 31.3 Å². The monoisotopic (exact) mass is 514 g/mol. The van der Waals surface area contributed by atoms with Gasteiger partial charge < -0.3 is 19.7 Å². The zero-order valence-electron chi connectivity index (χ0n) is 21.2. The van der Waals surface area contributed by atoms with Gasteiger partial charge in [-0.15, -0.1) is 0 Å². The molecule has 1 aliphatic carbocycles. The van der Waals surface area contributed by atoms with Gasteiger partial charge in [-0.1, -0.05) is 53.8 Å². The Bertz CT molecular complexity index is 1480. The number of anilines is 1. The summed E-state index contributed by atoms with van der Waals surface area (Å²) in [6.45, 7) is 0.403. The summed E-state index contributed by atoms with van der Waals surface area (Å²) >= 11 is 1.53. The molecule has 2 amide bonds. The molecule has 2 aliphatic rings. The first-order valence-corrected chi connectivity index (χ1v) is 13.5. The first-order valence-electron chi connectivity index (χ1n) is 12.7. The Hall–Kier alpha value is -3.72. The third kappa shape index (κ3) is 4.07. The molecule has 3 heterocycles. The highest BCUT2D eigenvalue weighted by atomic mass is 32.1. The molecule has 2 aromatic heterocycles. The lowest BCUT2D eigenvalue weighted by Crippen LogP contribution is -2.50. The van der Waals surface area contributed by atoms with Gasteiger partial charge in [-0.25, -0.2) is 9.97 Å². The second-order valence-corrected chi connectivity index (χ2v) is 11.1. The topological polar surface area (TPSA) is 83.4 Å². The summed E-state index contributed by atoms with van der Waals surface area (Å²) in [6.07, 6.45) is 3.05. The quantitative estimate of drug-likeness (QED) is 0.417. The van der Waals surface area contributed by atoms with Gasteiger partial charge in [0, 0.05) is 33.7 Å². The van der Waals surface area contributed by atoms with Gasteiger partial charge in [0.25, 0.3) is 11.8 Å². The van der Waals surface area contributed by atoms with Gasteiger partial charge in [0.05, 0.1) is 22.0 Å². The SMILES string of the molecule is CN(C)c1nc(C(=O)N2[C@@H]3CC[C@@H](C3)[C@H]2CNC(=O)c2nc3ccccc3n2C)c(-c2ccccc2)s1. The van der Waals surface area contributed by atoms with Crippen LogP contribution >= 0.6 is 11.3 Å². The number of rotatable bonds is 6. The van der Waals surface area contributed by atoms with Gasteiger partial charge in [-0.2, -0.15) is 0 Å². The average molecular weight is 515 g/mol. The van der Waals surface area contributed by atoms with Crippen LogP contribution in [0.2, 0.25) is 0 Å². The summed E-state index contributed by atoms with van der Waals surface area (Å²) in [7, 11) is 5.74. The van der Waals surface area contributed by atoms with Crippen molar-refractivity contribution in [2.75, 3.05) is 25.5 Å². The molecule has 0 spiro atoms.